The van der Waals surface area contributed by atoms with Crippen LogP contribution in [-0.2, 0) is 16.1 Å². The summed E-state index contributed by atoms with van der Waals surface area (Å²) < 4.78 is 5.69. The lowest BCUT2D eigenvalue weighted by molar-refractivity contribution is -0.120. The number of ether oxygens (including phenoxy) is 1. The maximum absolute atomic E-state index is 12.6. The Balaban J connectivity index is 1.69. The van der Waals surface area contributed by atoms with Gasteiger partial charge in [-0.3, -0.25) is 9.59 Å². The van der Waals surface area contributed by atoms with Crippen molar-refractivity contribution in [3.05, 3.63) is 65.7 Å². The summed E-state index contributed by atoms with van der Waals surface area (Å²) in [4.78, 5) is 26.4. The zero-order valence-corrected chi connectivity index (χ0v) is 13.6. The Morgan fingerprint density at radius 2 is 1.75 bits per heavy atom. The highest BCUT2D eigenvalue weighted by atomic mass is 16.5. The third-order valence-electron chi connectivity index (χ3n) is 3.99. The number of hydrogen-bond acceptors (Lipinski definition) is 3. The van der Waals surface area contributed by atoms with E-state index in [2.05, 4.69) is 5.32 Å². The predicted molar refractivity (Wildman–Crippen MR) is 91.8 cm³/mol. The fourth-order valence-electron chi connectivity index (χ4n) is 2.74. The van der Waals surface area contributed by atoms with E-state index < -0.39 is 6.04 Å². The molecule has 5 nitrogen and oxygen atoms in total. The average Bonchev–Trinajstić information content (AvgIpc) is 2.70. The minimum Gasteiger partial charge on any atom is -0.375 e. The van der Waals surface area contributed by atoms with Crippen molar-refractivity contribution in [2.24, 2.45) is 0 Å². The van der Waals surface area contributed by atoms with E-state index in [1.54, 1.807) is 30.0 Å². The molecule has 2 amide bonds. The van der Waals surface area contributed by atoms with Gasteiger partial charge in [-0.1, -0.05) is 42.5 Å². The number of carbonyl (C=O) groups is 2. The maximum atomic E-state index is 12.6. The SMILES string of the molecule is CC1NC(=O)c2ccccc2N(CCOCc2ccccc2)C1=O. The summed E-state index contributed by atoms with van der Waals surface area (Å²) in [6, 6.07) is 16.5. The Kier molecular flexibility index (Phi) is 4.91. The van der Waals surface area contributed by atoms with E-state index in [1.807, 2.05) is 36.4 Å². The van der Waals surface area contributed by atoms with Gasteiger partial charge in [0.2, 0.25) is 5.91 Å². The third-order valence-corrected chi connectivity index (χ3v) is 3.99. The molecule has 5 heteroatoms. The van der Waals surface area contributed by atoms with Crippen LogP contribution in [0, 0.1) is 0 Å². The molecule has 2 aromatic rings. The Morgan fingerprint density at radius 3 is 2.54 bits per heavy atom. The van der Waals surface area contributed by atoms with Crippen LogP contribution in [0.5, 0.6) is 0 Å². The predicted octanol–water partition coefficient (Wildman–Crippen LogP) is 2.37. The number of hydrogen-bond donors (Lipinski definition) is 1. The van der Waals surface area contributed by atoms with Crippen molar-refractivity contribution < 1.29 is 14.3 Å². The largest absolute Gasteiger partial charge is 0.375 e. The van der Waals surface area contributed by atoms with Gasteiger partial charge < -0.3 is 15.0 Å². The molecule has 0 saturated carbocycles. The molecule has 1 heterocycles. The Morgan fingerprint density at radius 1 is 1.04 bits per heavy atom. The first-order chi connectivity index (χ1) is 11.7. The van der Waals surface area contributed by atoms with E-state index in [1.165, 1.54) is 0 Å². The van der Waals surface area contributed by atoms with Gasteiger partial charge in [0, 0.05) is 6.54 Å². The standard InChI is InChI=1S/C19H20N2O3/c1-14-19(23)21(11-12-24-13-15-7-3-2-4-8-15)17-10-6-5-9-16(17)18(22)20-14/h2-10,14H,11-13H2,1H3,(H,20,22). The van der Waals surface area contributed by atoms with Gasteiger partial charge in [0.05, 0.1) is 24.5 Å². The molecule has 0 spiro atoms. The number of carbonyl (C=O) groups excluding carboxylic acids is 2. The van der Waals surface area contributed by atoms with Crippen LogP contribution in [-0.4, -0.2) is 31.0 Å². The fraction of sp³-hybridized carbons (Fsp3) is 0.263. The molecule has 0 fully saturated rings. The highest BCUT2D eigenvalue weighted by molar-refractivity contribution is 6.10. The van der Waals surface area contributed by atoms with Gasteiger partial charge in [-0.05, 0) is 24.6 Å². The first-order valence-electron chi connectivity index (χ1n) is 8.00. The van der Waals surface area contributed by atoms with Crippen LogP contribution in [0.15, 0.2) is 54.6 Å². The normalized spacial score (nSPS) is 17.2. The number of anilines is 1. The van der Waals surface area contributed by atoms with Crippen molar-refractivity contribution in [1.82, 2.24) is 5.32 Å². The highest BCUT2D eigenvalue weighted by Crippen LogP contribution is 2.23. The van der Waals surface area contributed by atoms with Crippen molar-refractivity contribution >= 4 is 17.5 Å². The highest BCUT2D eigenvalue weighted by Gasteiger charge is 2.30. The number of benzene rings is 2. The van der Waals surface area contributed by atoms with Crippen LogP contribution in [0.1, 0.15) is 22.8 Å². The Hall–Kier alpha value is -2.66. The molecule has 0 bridgehead atoms. The van der Waals surface area contributed by atoms with Crippen molar-refractivity contribution in [3.8, 4) is 0 Å². The number of fused-ring (bicyclic) bond motifs is 1. The summed E-state index contributed by atoms with van der Waals surface area (Å²) in [6.07, 6.45) is 0. The number of nitrogens with one attached hydrogen (secondary N) is 1. The van der Waals surface area contributed by atoms with E-state index in [0.29, 0.717) is 31.0 Å². The molecule has 24 heavy (non-hydrogen) atoms. The van der Waals surface area contributed by atoms with E-state index in [-0.39, 0.29) is 11.8 Å². The first kappa shape index (κ1) is 16.2. The van der Waals surface area contributed by atoms with Gasteiger partial charge in [-0.15, -0.1) is 0 Å². The van der Waals surface area contributed by atoms with Crippen LogP contribution in [0.3, 0.4) is 0 Å². The molecular weight excluding hydrogens is 304 g/mol. The third kappa shape index (κ3) is 3.46. The summed E-state index contributed by atoms with van der Waals surface area (Å²) >= 11 is 0. The molecule has 2 aromatic carbocycles. The summed E-state index contributed by atoms with van der Waals surface area (Å²) in [6.45, 7) is 3.00. The molecule has 0 saturated heterocycles. The number of amides is 2. The zero-order chi connectivity index (χ0) is 16.9. The second-order valence-electron chi connectivity index (χ2n) is 5.74. The van der Waals surface area contributed by atoms with Crippen LogP contribution < -0.4 is 10.2 Å². The lowest BCUT2D eigenvalue weighted by Gasteiger charge is -2.23. The number of rotatable bonds is 5. The van der Waals surface area contributed by atoms with Crippen molar-refractivity contribution in [3.63, 3.8) is 0 Å². The molecule has 1 unspecified atom stereocenters. The van der Waals surface area contributed by atoms with Crippen LogP contribution in [0.2, 0.25) is 0 Å². The molecule has 1 N–H and O–H groups in total. The number of para-hydroxylation sites is 1. The van der Waals surface area contributed by atoms with Gasteiger partial charge >= 0.3 is 0 Å². The summed E-state index contributed by atoms with van der Waals surface area (Å²) in [5.74, 6) is -0.351. The summed E-state index contributed by atoms with van der Waals surface area (Å²) in [5.41, 5.74) is 2.23. The van der Waals surface area contributed by atoms with Crippen LogP contribution >= 0.6 is 0 Å². The molecule has 1 aliphatic rings. The molecule has 0 aromatic heterocycles. The van der Waals surface area contributed by atoms with E-state index in [4.69, 9.17) is 4.74 Å². The van der Waals surface area contributed by atoms with E-state index in [0.717, 1.165) is 5.56 Å². The summed E-state index contributed by atoms with van der Waals surface area (Å²) in [5, 5.41) is 2.72. The molecule has 3 rings (SSSR count). The molecule has 1 atom stereocenters. The minimum absolute atomic E-state index is 0.128. The van der Waals surface area contributed by atoms with Gasteiger partial charge in [0.1, 0.15) is 6.04 Å². The quantitative estimate of drug-likeness (QED) is 0.859. The minimum atomic E-state index is -0.556. The van der Waals surface area contributed by atoms with Crippen molar-refractivity contribution in [2.75, 3.05) is 18.1 Å². The molecule has 124 valence electrons. The first-order valence-corrected chi connectivity index (χ1v) is 8.00. The van der Waals surface area contributed by atoms with Crippen molar-refractivity contribution in [2.45, 2.75) is 19.6 Å². The monoisotopic (exact) mass is 324 g/mol. The van der Waals surface area contributed by atoms with E-state index >= 15 is 0 Å². The van der Waals surface area contributed by atoms with Gasteiger partial charge in [0.25, 0.3) is 5.91 Å². The van der Waals surface area contributed by atoms with Crippen LogP contribution in [0.4, 0.5) is 5.69 Å². The number of nitrogens with zero attached hydrogens (tertiary/aromatic N) is 1. The smallest absolute Gasteiger partial charge is 0.254 e. The summed E-state index contributed by atoms with van der Waals surface area (Å²) in [7, 11) is 0. The van der Waals surface area contributed by atoms with E-state index in [9.17, 15) is 9.59 Å². The molecular formula is C19H20N2O3. The van der Waals surface area contributed by atoms with Gasteiger partial charge in [0.15, 0.2) is 0 Å². The molecule has 0 radical (unpaired) electrons. The zero-order valence-electron chi connectivity index (χ0n) is 13.6. The fourth-order valence-corrected chi connectivity index (χ4v) is 2.74. The lowest BCUT2D eigenvalue weighted by atomic mass is 10.1. The average molecular weight is 324 g/mol. The Bertz CT molecular complexity index is 730. The Labute approximate surface area is 141 Å². The van der Waals surface area contributed by atoms with Gasteiger partial charge in [-0.25, -0.2) is 0 Å². The second kappa shape index (κ2) is 7.27. The van der Waals surface area contributed by atoms with Crippen LogP contribution in [0.25, 0.3) is 0 Å². The molecule has 1 aliphatic heterocycles. The van der Waals surface area contributed by atoms with Gasteiger partial charge in [-0.2, -0.15) is 0 Å². The van der Waals surface area contributed by atoms with Crippen molar-refractivity contribution in [1.29, 1.82) is 0 Å². The molecule has 0 aliphatic carbocycles. The lowest BCUT2D eigenvalue weighted by Crippen LogP contribution is -2.45. The second-order valence-corrected chi connectivity index (χ2v) is 5.74. The topological polar surface area (TPSA) is 58.6 Å². The maximum Gasteiger partial charge on any atom is 0.254 e.